The molecule has 1 fully saturated rings. The fourth-order valence-corrected chi connectivity index (χ4v) is 3.85. The molecule has 2 amide bonds. The van der Waals surface area contributed by atoms with Gasteiger partial charge in [0.25, 0.3) is 0 Å². The average molecular weight is 456 g/mol. The zero-order valence-electron chi connectivity index (χ0n) is 20.4. The van der Waals surface area contributed by atoms with Crippen LogP contribution in [0.5, 0.6) is 0 Å². The van der Waals surface area contributed by atoms with Crippen LogP contribution in [0, 0.1) is 19.7 Å². The van der Waals surface area contributed by atoms with E-state index >= 15 is 0 Å². The Morgan fingerprint density at radius 3 is 2.09 bits per heavy atom. The Kier molecular flexibility index (Phi) is 7.30. The number of aryl methyl sites for hydroxylation is 2. The van der Waals surface area contributed by atoms with Gasteiger partial charge < -0.3 is 19.4 Å². The molecule has 0 N–H and O–H groups in total. The van der Waals surface area contributed by atoms with Crippen molar-refractivity contribution < 1.29 is 18.7 Å². The first-order valence-electron chi connectivity index (χ1n) is 11.3. The third-order valence-corrected chi connectivity index (χ3v) is 5.82. The topological polar surface area (TPSA) is 53.1 Å². The largest absolute Gasteiger partial charge is 0.444 e. The lowest BCUT2D eigenvalue weighted by molar-refractivity contribution is -0.134. The van der Waals surface area contributed by atoms with Crippen LogP contribution in [0.4, 0.5) is 14.9 Å². The molecular formula is C26H34FN3O3. The SMILES string of the molecule is Cc1ccc(N(C)C(C(=O)N2CCN(C(=O)OC(C)(C)C)CC2)c2ccc(C)c(F)c2)cc1. The van der Waals surface area contributed by atoms with E-state index in [9.17, 15) is 14.0 Å². The van der Waals surface area contributed by atoms with E-state index in [4.69, 9.17) is 4.74 Å². The molecule has 178 valence electrons. The molecule has 6 nitrogen and oxygen atoms in total. The van der Waals surface area contributed by atoms with Crippen molar-refractivity contribution >= 4 is 17.7 Å². The highest BCUT2D eigenvalue weighted by molar-refractivity contribution is 5.87. The predicted molar refractivity (Wildman–Crippen MR) is 128 cm³/mol. The number of rotatable bonds is 4. The first-order valence-corrected chi connectivity index (χ1v) is 11.3. The Morgan fingerprint density at radius 1 is 0.970 bits per heavy atom. The Bertz CT molecular complexity index is 993. The van der Waals surface area contributed by atoms with Gasteiger partial charge in [-0.05, 0) is 63.9 Å². The van der Waals surface area contributed by atoms with Crippen LogP contribution in [0.15, 0.2) is 42.5 Å². The van der Waals surface area contributed by atoms with Crippen LogP contribution in [-0.2, 0) is 9.53 Å². The highest BCUT2D eigenvalue weighted by Gasteiger charge is 2.34. The van der Waals surface area contributed by atoms with Crippen LogP contribution in [0.1, 0.15) is 43.5 Å². The Hall–Kier alpha value is -3.09. The molecule has 0 aromatic heterocycles. The third kappa shape index (κ3) is 6.03. The number of hydrogen-bond acceptors (Lipinski definition) is 4. The molecule has 1 atom stereocenters. The van der Waals surface area contributed by atoms with E-state index in [1.807, 2.05) is 70.0 Å². The summed E-state index contributed by atoms with van der Waals surface area (Å²) in [6.45, 7) is 10.8. The van der Waals surface area contributed by atoms with Gasteiger partial charge in [-0.25, -0.2) is 9.18 Å². The van der Waals surface area contributed by atoms with Crippen LogP contribution < -0.4 is 4.90 Å². The lowest BCUT2D eigenvalue weighted by Gasteiger charge is -2.39. The molecule has 1 heterocycles. The summed E-state index contributed by atoms with van der Waals surface area (Å²) in [6, 6.07) is 12.2. The molecule has 33 heavy (non-hydrogen) atoms. The summed E-state index contributed by atoms with van der Waals surface area (Å²) in [4.78, 5) is 31.3. The predicted octanol–water partition coefficient (Wildman–Crippen LogP) is 4.70. The molecule has 2 aromatic rings. The van der Waals surface area contributed by atoms with Crippen LogP contribution in [0.2, 0.25) is 0 Å². The number of nitrogens with zero attached hydrogens (tertiary/aromatic N) is 3. The minimum absolute atomic E-state index is 0.120. The second kappa shape index (κ2) is 9.81. The maximum atomic E-state index is 14.4. The maximum absolute atomic E-state index is 14.4. The highest BCUT2D eigenvalue weighted by Crippen LogP contribution is 2.29. The number of carbonyl (C=O) groups excluding carboxylic acids is 2. The standard InChI is InChI=1S/C26H34FN3O3/c1-18-7-11-21(12-8-18)28(6)23(20-10-9-19(2)22(27)17-20)24(31)29-13-15-30(16-14-29)25(32)33-26(3,4)5/h7-12,17,23H,13-16H2,1-6H3. The summed E-state index contributed by atoms with van der Waals surface area (Å²) in [5.74, 6) is -0.456. The van der Waals surface area contributed by atoms with Crippen molar-refractivity contribution in [2.75, 3.05) is 38.1 Å². The molecule has 7 heteroatoms. The number of likely N-dealkylation sites (N-methyl/N-ethyl adjacent to an activating group) is 1. The number of halogens is 1. The number of ether oxygens (including phenoxy) is 1. The van der Waals surface area contributed by atoms with Gasteiger partial charge in [-0.15, -0.1) is 0 Å². The molecular weight excluding hydrogens is 421 g/mol. The molecule has 2 aromatic carbocycles. The first kappa shape index (κ1) is 24.6. The molecule has 0 bridgehead atoms. The van der Waals surface area contributed by atoms with Crippen molar-refractivity contribution in [1.29, 1.82) is 0 Å². The van der Waals surface area contributed by atoms with Gasteiger partial charge in [0.1, 0.15) is 17.5 Å². The number of amides is 2. The van der Waals surface area contributed by atoms with Gasteiger partial charge in [-0.2, -0.15) is 0 Å². The average Bonchev–Trinajstić information content (AvgIpc) is 2.75. The third-order valence-electron chi connectivity index (χ3n) is 5.82. The Balaban J connectivity index is 1.82. The van der Waals surface area contributed by atoms with Gasteiger partial charge >= 0.3 is 6.09 Å². The molecule has 3 rings (SSSR count). The van der Waals surface area contributed by atoms with Crippen molar-refractivity contribution in [3.8, 4) is 0 Å². The van der Waals surface area contributed by atoms with Crippen molar-refractivity contribution in [2.45, 2.75) is 46.3 Å². The first-order chi connectivity index (χ1) is 15.5. The molecule has 0 saturated carbocycles. The summed E-state index contributed by atoms with van der Waals surface area (Å²) < 4.78 is 19.9. The quantitative estimate of drug-likeness (QED) is 0.671. The molecule has 1 aliphatic heterocycles. The molecule has 0 aliphatic carbocycles. The zero-order valence-corrected chi connectivity index (χ0v) is 20.4. The van der Waals surface area contributed by atoms with Crippen LogP contribution in [-0.4, -0.2) is 60.6 Å². The fourth-order valence-electron chi connectivity index (χ4n) is 3.85. The van der Waals surface area contributed by atoms with Gasteiger partial charge in [0.05, 0.1) is 0 Å². The van der Waals surface area contributed by atoms with Gasteiger partial charge in [-0.1, -0.05) is 29.8 Å². The molecule has 0 radical (unpaired) electrons. The minimum atomic E-state index is -0.684. The van der Waals surface area contributed by atoms with E-state index in [1.54, 1.807) is 22.8 Å². The van der Waals surface area contributed by atoms with Crippen molar-refractivity contribution in [1.82, 2.24) is 9.80 Å². The van der Waals surface area contributed by atoms with Gasteiger partial charge in [-0.3, -0.25) is 4.79 Å². The fraction of sp³-hybridized carbons (Fsp3) is 0.462. The van der Waals surface area contributed by atoms with Gasteiger partial charge in [0, 0.05) is 38.9 Å². The van der Waals surface area contributed by atoms with Crippen molar-refractivity contribution in [3.63, 3.8) is 0 Å². The number of anilines is 1. The smallest absolute Gasteiger partial charge is 0.410 e. The minimum Gasteiger partial charge on any atom is -0.444 e. The number of carbonyl (C=O) groups is 2. The Labute approximate surface area is 195 Å². The normalized spacial score (nSPS) is 15.2. The summed E-state index contributed by atoms with van der Waals surface area (Å²) >= 11 is 0. The molecule has 0 spiro atoms. The van der Waals surface area contributed by atoms with E-state index in [2.05, 4.69) is 0 Å². The second-order valence-corrected chi connectivity index (χ2v) is 9.65. The monoisotopic (exact) mass is 455 g/mol. The number of hydrogen-bond donors (Lipinski definition) is 0. The number of benzene rings is 2. The highest BCUT2D eigenvalue weighted by atomic mass is 19.1. The van der Waals surface area contributed by atoms with E-state index in [0.29, 0.717) is 37.3 Å². The molecule has 1 saturated heterocycles. The van der Waals surface area contributed by atoms with Gasteiger partial charge in [0.15, 0.2) is 0 Å². The van der Waals surface area contributed by atoms with Crippen LogP contribution in [0.3, 0.4) is 0 Å². The summed E-state index contributed by atoms with van der Waals surface area (Å²) in [5, 5.41) is 0. The van der Waals surface area contributed by atoms with Gasteiger partial charge in [0.2, 0.25) is 5.91 Å². The summed E-state index contributed by atoms with van der Waals surface area (Å²) in [6.07, 6.45) is -0.372. The van der Waals surface area contributed by atoms with Crippen molar-refractivity contribution in [2.24, 2.45) is 0 Å². The lowest BCUT2D eigenvalue weighted by atomic mass is 10.0. The maximum Gasteiger partial charge on any atom is 0.410 e. The van der Waals surface area contributed by atoms with Crippen LogP contribution >= 0.6 is 0 Å². The number of piperazine rings is 1. The van der Waals surface area contributed by atoms with E-state index in [1.165, 1.54) is 6.07 Å². The lowest BCUT2D eigenvalue weighted by Crippen LogP contribution is -2.53. The summed E-state index contributed by atoms with van der Waals surface area (Å²) in [7, 11) is 1.85. The Morgan fingerprint density at radius 2 is 1.55 bits per heavy atom. The van der Waals surface area contributed by atoms with Crippen molar-refractivity contribution in [3.05, 3.63) is 65.0 Å². The van der Waals surface area contributed by atoms with E-state index in [-0.39, 0.29) is 17.8 Å². The zero-order chi connectivity index (χ0) is 24.3. The molecule has 1 unspecified atom stereocenters. The molecule has 1 aliphatic rings. The van der Waals surface area contributed by atoms with E-state index < -0.39 is 11.6 Å². The summed E-state index contributed by atoms with van der Waals surface area (Å²) in [5.41, 5.74) is 2.55. The van der Waals surface area contributed by atoms with E-state index in [0.717, 1.165) is 11.3 Å². The van der Waals surface area contributed by atoms with Crippen LogP contribution in [0.25, 0.3) is 0 Å². The second-order valence-electron chi connectivity index (χ2n) is 9.65.